The van der Waals surface area contributed by atoms with Crippen LogP contribution >= 0.6 is 23.2 Å². The van der Waals surface area contributed by atoms with Gasteiger partial charge in [0.15, 0.2) is 11.4 Å². The van der Waals surface area contributed by atoms with Gasteiger partial charge in [0.1, 0.15) is 11.1 Å². The first kappa shape index (κ1) is 36.1. The number of carboxylic acids is 1. The molecule has 0 aliphatic carbocycles. The molecule has 0 saturated carbocycles. The summed E-state index contributed by atoms with van der Waals surface area (Å²) in [7, 11) is 0. The highest BCUT2D eigenvalue weighted by molar-refractivity contribution is 6.31. The van der Waals surface area contributed by atoms with Crippen LogP contribution in [0.5, 0.6) is 0 Å². The molecule has 18 heteroatoms. The lowest BCUT2D eigenvalue weighted by atomic mass is 10.1. The molecule has 0 unspecified atom stereocenters. The minimum absolute atomic E-state index is 0.0151. The van der Waals surface area contributed by atoms with Gasteiger partial charge in [-0.2, -0.15) is 36.5 Å². The second kappa shape index (κ2) is 14.3. The van der Waals surface area contributed by atoms with Crippen molar-refractivity contribution in [3.8, 4) is 0 Å². The van der Waals surface area contributed by atoms with Gasteiger partial charge in [0.2, 0.25) is 0 Å². The SMILES string of the molecule is CCOC(=O)c1nn(Cc2ccc3ncc(Cl)cc3c2)cc1C(F)(F)F.O=C(O)c1nn(Cc2ccc3ncc(Cl)cc3c2)cc1C(F)(F)F. The zero-order chi connectivity index (χ0) is 36.4. The van der Waals surface area contributed by atoms with Crippen LogP contribution in [0.2, 0.25) is 10.0 Å². The molecule has 0 aliphatic rings. The number of alkyl halides is 6. The number of ether oxygens (including phenoxy) is 1. The van der Waals surface area contributed by atoms with Crippen LogP contribution in [0.25, 0.3) is 21.8 Å². The van der Waals surface area contributed by atoms with Gasteiger partial charge in [-0.1, -0.05) is 35.3 Å². The minimum Gasteiger partial charge on any atom is -0.476 e. The molecule has 0 saturated heterocycles. The molecule has 4 aromatic heterocycles. The van der Waals surface area contributed by atoms with E-state index in [2.05, 4.69) is 24.9 Å². The Morgan fingerprint density at radius 1 is 0.740 bits per heavy atom. The summed E-state index contributed by atoms with van der Waals surface area (Å²) < 4.78 is 84.8. The fraction of sp³-hybridized carbons (Fsp3) is 0.188. The molecule has 0 spiro atoms. The van der Waals surface area contributed by atoms with Crippen LogP contribution < -0.4 is 0 Å². The van der Waals surface area contributed by atoms with Crippen LogP contribution in [0, 0.1) is 0 Å². The van der Waals surface area contributed by atoms with Gasteiger partial charge in [-0.05, 0) is 54.4 Å². The molecule has 50 heavy (non-hydrogen) atoms. The van der Waals surface area contributed by atoms with Crippen LogP contribution in [0.3, 0.4) is 0 Å². The number of nitrogens with zero attached hydrogens (tertiary/aromatic N) is 6. The monoisotopic (exact) mass is 738 g/mol. The van der Waals surface area contributed by atoms with Crippen LogP contribution in [0.15, 0.2) is 73.3 Å². The summed E-state index contributed by atoms with van der Waals surface area (Å²) in [4.78, 5) is 31.0. The van der Waals surface area contributed by atoms with Crippen molar-refractivity contribution < 1.29 is 45.8 Å². The van der Waals surface area contributed by atoms with E-state index < -0.39 is 46.8 Å². The third kappa shape index (κ3) is 8.49. The van der Waals surface area contributed by atoms with Gasteiger partial charge in [0.05, 0.1) is 40.8 Å². The number of hydrogen-bond acceptors (Lipinski definition) is 7. The lowest BCUT2D eigenvalue weighted by Gasteiger charge is -2.05. The average Bonchev–Trinajstić information content (AvgIpc) is 3.67. The average molecular weight is 739 g/mol. The Morgan fingerprint density at radius 3 is 1.58 bits per heavy atom. The molecule has 6 aromatic rings. The maximum atomic E-state index is 13.2. The van der Waals surface area contributed by atoms with Crippen LogP contribution in [0.1, 0.15) is 50.2 Å². The first-order chi connectivity index (χ1) is 23.5. The first-order valence-corrected chi connectivity index (χ1v) is 15.1. The summed E-state index contributed by atoms with van der Waals surface area (Å²) in [6, 6.07) is 13.7. The van der Waals surface area contributed by atoms with Crippen molar-refractivity contribution in [1.82, 2.24) is 29.5 Å². The van der Waals surface area contributed by atoms with E-state index in [1.165, 1.54) is 19.3 Å². The molecule has 260 valence electrons. The van der Waals surface area contributed by atoms with E-state index in [0.29, 0.717) is 38.4 Å². The number of carbonyl (C=O) groups excluding carboxylic acids is 1. The Hall–Kier alpha value is -5.22. The number of aromatic nitrogens is 6. The number of carbonyl (C=O) groups is 2. The van der Waals surface area contributed by atoms with Gasteiger partial charge in [-0.3, -0.25) is 19.3 Å². The third-order valence-corrected chi connectivity index (χ3v) is 7.33. The normalized spacial score (nSPS) is 11.8. The summed E-state index contributed by atoms with van der Waals surface area (Å²) in [5.74, 6) is -2.83. The second-order valence-corrected chi connectivity index (χ2v) is 11.4. The molecule has 4 heterocycles. The standard InChI is InChI=1S/C17H13ClF3N3O2.C15H9ClF3N3O2/c1-2-26-16(25)15-13(17(19,20)21)9-24(23-15)8-10-3-4-14-11(5-10)6-12(18)7-22-14;16-10-4-9-3-8(1-2-12(9)20-5-10)6-22-7-11(15(17,18)19)13(21-22)14(23)24/h3-7,9H,2,8H2,1H3;1-5,7H,6H2,(H,23,24). The van der Waals surface area contributed by atoms with E-state index in [1.54, 1.807) is 48.5 Å². The third-order valence-electron chi connectivity index (χ3n) is 6.92. The number of pyridine rings is 2. The van der Waals surface area contributed by atoms with Crippen LogP contribution in [-0.4, -0.2) is 53.2 Å². The molecule has 10 nitrogen and oxygen atoms in total. The second-order valence-electron chi connectivity index (χ2n) is 10.6. The Kier molecular flexibility index (Phi) is 10.3. The number of carboxylic acid groups (broad SMARTS) is 1. The molecule has 0 aliphatic heterocycles. The largest absolute Gasteiger partial charge is 0.476 e. The zero-order valence-electron chi connectivity index (χ0n) is 25.4. The van der Waals surface area contributed by atoms with Crippen molar-refractivity contribution in [2.24, 2.45) is 0 Å². The van der Waals surface area contributed by atoms with E-state index in [4.69, 9.17) is 28.3 Å². The highest BCUT2D eigenvalue weighted by Gasteiger charge is 2.39. The molecule has 6 rings (SSSR count). The van der Waals surface area contributed by atoms with E-state index >= 15 is 0 Å². The smallest absolute Gasteiger partial charge is 0.420 e. The molecule has 0 amide bonds. The number of esters is 1. The first-order valence-electron chi connectivity index (χ1n) is 14.3. The summed E-state index contributed by atoms with van der Waals surface area (Å²) in [5, 5.41) is 18.5. The lowest BCUT2D eigenvalue weighted by molar-refractivity contribution is -0.138. The van der Waals surface area contributed by atoms with Crippen LogP contribution in [-0.2, 0) is 30.2 Å². The van der Waals surface area contributed by atoms with E-state index in [-0.39, 0.29) is 19.7 Å². The highest BCUT2D eigenvalue weighted by atomic mass is 35.5. The topological polar surface area (TPSA) is 125 Å². The van der Waals surface area contributed by atoms with Crippen molar-refractivity contribution in [3.63, 3.8) is 0 Å². The predicted molar refractivity (Wildman–Crippen MR) is 169 cm³/mol. The minimum atomic E-state index is -4.78. The van der Waals surface area contributed by atoms with Crippen molar-refractivity contribution >= 4 is 56.9 Å². The Morgan fingerprint density at radius 2 is 1.18 bits per heavy atom. The van der Waals surface area contributed by atoms with Gasteiger partial charge in [0.25, 0.3) is 0 Å². The summed E-state index contributed by atoms with van der Waals surface area (Å²) in [6.45, 7) is 1.50. The van der Waals surface area contributed by atoms with Crippen molar-refractivity contribution in [2.45, 2.75) is 32.4 Å². The molecule has 0 fully saturated rings. The molecular formula is C32H22Cl2F6N6O4. The predicted octanol–water partition coefficient (Wildman–Crippen LogP) is 8.18. The number of rotatable bonds is 7. The molecular weight excluding hydrogens is 717 g/mol. The number of aromatic carboxylic acids is 1. The van der Waals surface area contributed by atoms with Gasteiger partial charge in [-0.15, -0.1) is 0 Å². The van der Waals surface area contributed by atoms with Crippen molar-refractivity contribution in [3.05, 3.63) is 117 Å². The van der Waals surface area contributed by atoms with Gasteiger partial charge in [0, 0.05) is 35.6 Å². The maximum Gasteiger partial charge on any atom is 0.420 e. The maximum absolute atomic E-state index is 13.2. The molecule has 0 atom stereocenters. The van der Waals surface area contributed by atoms with Crippen molar-refractivity contribution in [1.29, 1.82) is 0 Å². The molecule has 1 N–H and O–H groups in total. The van der Waals surface area contributed by atoms with E-state index in [1.807, 2.05) is 0 Å². The van der Waals surface area contributed by atoms with Gasteiger partial charge >= 0.3 is 24.3 Å². The number of halogens is 8. The number of hydrogen-bond donors (Lipinski definition) is 1. The summed E-state index contributed by atoms with van der Waals surface area (Å²) >= 11 is 11.8. The van der Waals surface area contributed by atoms with Crippen molar-refractivity contribution in [2.75, 3.05) is 6.61 Å². The fourth-order valence-corrected chi connectivity index (χ4v) is 5.14. The quantitative estimate of drug-likeness (QED) is 0.128. The van der Waals surface area contributed by atoms with Gasteiger partial charge in [-0.25, -0.2) is 9.59 Å². The molecule has 0 radical (unpaired) electrons. The van der Waals surface area contributed by atoms with Crippen LogP contribution in [0.4, 0.5) is 26.3 Å². The fourth-order valence-electron chi connectivity index (χ4n) is 4.81. The highest BCUT2D eigenvalue weighted by Crippen LogP contribution is 2.33. The number of fused-ring (bicyclic) bond motifs is 2. The number of benzene rings is 2. The Labute approximate surface area is 287 Å². The molecule has 0 bridgehead atoms. The Balaban J connectivity index is 0.000000195. The lowest BCUT2D eigenvalue weighted by Crippen LogP contribution is -2.14. The molecule has 2 aromatic carbocycles. The van der Waals surface area contributed by atoms with E-state index in [0.717, 1.165) is 26.3 Å². The Bertz CT molecular complexity index is 2220. The summed E-state index contributed by atoms with van der Waals surface area (Å²) in [5.41, 5.74) is -1.44. The summed E-state index contributed by atoms with van der Waals surface area (Å²) in [6.07, 6.45) is -5.01. The zero-order valence-corrected chi connectivity index (χ0v) is 26.9. The van der Waals surface area contributed by atoms with E-state index in [9.17, 15) is 35.9 Å². The van der Waals surface area contributed by atoms with Gasteiger partial charge < -0.3 is 9.84 Å².